The van der Waals surface area contributed by atoms with E-state index >= 15 is 0 Å². The van der Waals surface area contributed by atoms with Crippen LogP contribution >= 0.6 is 0 Å². The molecule has 0 spiro atoms. The minimum absolute atomic E-state index is 0.0527. The molecule has 8 rings (SSSR count). The number of benzene rings is 5. The van der Waals surface area contributed by atoms with E-state index in [-0.39, 0.29) is 11.1 Å². The Morgan fingerprint density at radius 3 is 1.98 bits per heavy atom. The summed E-state index contributed by atoms with van der Waals surface area (Å²) in [4.78, 5) is 9.23. The van der Waals surface area contributed by atoms with Crippen molar-refractivity contribution in [2.45, 2.75) is 32.7 Å². The second-order valence-electron chi connectivity index (χ2n) is 12.8. The lowest BCUT2D eigenvalue weighted by Crippen LogP contribution is -2.13. The monoisotopic (exact) mass is 601 g/mol. The van der Waals surface area contributed by atoms with Crippen molar-refractivity contribution < 1.29 is 8.81 Å². The van der Waals surface area contributed by atoms with Gasteiger partial charge >= 0.3 is 0 Å². The summed E-state index contributed by atoms with van der Waals surface area (Å²) in [6, 6.07) is 43.3. The van der Waals surface area contributed by atoms with Crippen LogP contribution < -0.4 is 0 Å². The summed E-state index contributed by atoms with van der Waals surface area (Å²) in [5.74, 6) is 0.213. The zero-order valence-electron chi connectivity index (χ0n) is 26.0. The Morgan fingerprint density at radius 1 is 0.652 bits per heavy atom. The van der Waals surface area contributed by atoms with Crippen LogP contribution in [0.5, 0.6) is 0 Å². The van der Waals surface area contributed by atoms with E-state index < -0.39 is 5.95 Å². The van der Waals surface area contributed by atoms with Crippen molar-refractivity contribution >= 4 is 33.1 Å². The Morgan fingerprint density at radius 2 is 1.30 bits per heavy atom. The van der Waals surface area contributed by atoms with Crippen molar-refractivity contribution in [3.05, 3.63) is 144 Å². The number of furan rings is 1. The molecule has 0 amide bonds. The number of hydrogen-bond acceptors (Lipinski definition) is 3. The average molecular weight is 602 g/mol. The van der Waals surface area contributed by atoms with E-state index in [1.54, 1.807) is 6.07 Å². The van der Waals surface area contributed by atoms with Gasteiger partial charge in [0, 0.05) is 10.8 Å². The lowest BCUT2D eigenvalue weighted by Gasteiger charge is -2.25. The predicted molar refractivity (Wildman–Crippen MR) is 185 cm³/mol. The molecule has 5 aromatic carbocycles. The highest BCUT2D eigenvalue weighted by molar-refractivity contribution is 6.08. The van der Waals surface area contributed by atoms with E-state index in [0.29, 0.717) is 12.1 Å². The number of fused-ring (bicyclic) bond motifs is 4. The molecule has 0 atom stereocenters. The van der Waals surface area contributed by atoms with Gasteiger partial charge in [0.2, 0.25) is 11.7 Å². The molecule has 5 heteroatoms. The van der Waals surface area contributed by atoms with Crippen LogP contribution in [0.2, 0.25) is 0 Å². The van der Waals surface area contributed by atoms with Gasteiger partial charge in [0.05, 0.1) is 23.1 Å². The van der Waals surface area contributed by atoms with E-state index in [2.05, 4.69) is 115 Å². The lowest BCUT2D eigenvalue weighted by molar-refractivity contribution is 0.569. The highest BCUT2D eigenvalue weighted by Gasteiger charge is 2.24. The summed E-state index contributed by atoms with van der Waals surface area (Å²) in [5, 5.41) is 1.65. The molecule has 0 aliphatic heterocycles. The number of rotatable bonds is 5. The first-order chi connectivity index (χ1) is 22.3. The molecule has 0 unspecified atom stereocenters. The third kappa shape index (κ3) is 4.76. The van der Waals surface area contributed by atoms with E-state index in [1.807, 2.05) is 30.3 Å². The van der Waals surface area contributed by atoms with Crippen LogP contribution in [0.4, 0.5) is 4.39 Å². The third-order valence-corrected chi connectivity index (χ3v) is 8.83. The molecular formula is C41H32FN3O. The summed E-state index contributed by atoms with van der Waals surface area (Å²) in [6.07, 6.45) is 0. The molecule has 224 valence electrons. The predicted octanol–water partition coefficient (Wildman–Crippen LogP) is 10.8. The Bertz CT molecular complexity index is 2320. The van der Waals surface area contributed by atoms with E-state index in [4.69, 9.17) is 9.40 Å². The van der Waals surface area contributed by atoms with Gasteiger partial charge in [-0.15, -0.1) is 0 Å². The van der Waals surface area contributed by atoms with Gasteiger partial charge in [0.15, 0.2) is 0 Å². The topological polar surface area (TPSA) is 43.9 Å². The highest BCUT2D eigenvalue weighted by atomic mass is 19.1. The van der Waals surface area contributed by atoms with Gasteiger partial charge in [-0.3, -0.25) is 0 Å². The van der Waals surface area contributed by atoms with Crippen molar-refractivity contribution in [1.82, 2.24) is 14.5 Å². The molecule has 0 aliphatic carbocycles. The van der Waals surface area contributed by atoms with Gasteiger partial charge in [-0.2, -0.15) is 9.37 Å². The fraction of sp³-hybridized carbons (Fsp3) is 0.122. The van der Waals surface area contributed by atoms with Crippen LogP contribution in [-0.4, -0.2) is 14.5 Å². The number of aromatic nitrogens is 3. The summed E-state index contributed by atoms with van der Waals surface area (Å²) in [7, 11) is 0. The maximum Gasteiger partial charge on any atom is 0.229 e. The number of nitrogens with zero attached hydrogens (tertiary/aromatic N) is 3. The normalized spacial score (nSPS) is 12.0. The number of halogens is 1. The lowest BCUT2D eigenvalue weighted by atomic mass is 9.81. The van der Waals surface area contributed by atoms with Crippen LogP contribution in [0.1, 0.15) is 31.9 Å². The van der Waals surface area contributed by atoms with Crippen LogP contribution in [0, 0.1) is 5.95 Å². The van der Waals surface area contributed by atoms with E-state index in [9.17, 15) is 4.39 Å². The maximum absolute atomic E-state index is 14.1. The van der Waals surface area contributed by atoms with Crippen LogP contribution in [-0.2, 0) is 12.0 Å². The van der Waals surface area contributed by atoms with Crippen LogP contribution in [0.3, 0.4) is 0 Å². The zero-order chi connectivity index (χ0) is 31.4. The van der Waals surface area contributed by atoms with Gasteiger partial charge in [-0.25, -0.2) is 4.98 Å². The quantitative estimate of drug-likeness (QED) is 0.184. The minimum atomic E-state index is -0.569. The molecule has 0 aliphatic rings. The average Bonchev–Trinajstić information content (AvgIpc) is 3.63. The Labute approximate surface area is 266 Å². The van der Waals surface area contributed by atoms with E-state index in [1.165, 1.54) is 39.4 Å². The van der Waals surface area contributed by atoms with Gasteiger partial charge in [-0.05, 0) is 69.1 Å². The fourth-order valence-electron chi connectivity index (χ4n) is 6.46. The van der Waals surface area contributed by atoms with Crippen molar-refractivity contribution in [3.63, 3.8) is 0 Å². The fourth-order valence-corrected chi connectivity index (χ4v) is 6.46. The van der Waals surface area contributed by atoms with Crippen molar-refractivity contribution in [2.75, 3.05) is 0 Å². The number of para-hydroxylation sites is 3. The molecule has 0 fully saturated rings. The molecule has 46 heavy (non-hydrogen) atoms. The summed E-state index contributed by atoms with van der Waals surface area (Å²) < 4.78 is 22.6. The van der Waals surface area contributed by atoms with Gasteiger partial charge in [0.25, 0.3) is 0 Å². The largest absolute Gasteiger partial charge is 0.437 e. The highest BCUT2D eigenvalue weighted by Crippen LogP contribution is 2.41. The molecule has 0 saturated heterocycles. The third-order valence-electron chi connectivity index (χ3n) is 8.83. The van der Waals surface area contributed by atoms with E-state index in [0.717, 1.165) is 33.2 Å². The minimum Gasteiger partial charge on any atom is -0.437 e. The Balaban J connectivity index is 1.42. The first kappa shape index (κ1) is 28.0. The Kier molecular flexibility index (Phi) is 6.57. The molecule has 8 aromatic rings. The van der Waals surface area contributed by atoms with Crippen LogP contribution in [0.25, 0.3) is 66.7 Å². The first-order valence-electron chi connectivity index (χ1n) is 15.6. The SMILES string of the molecule is CC(C)(C)c1cc(-c2ccccc2)c(Cn2c(-c3cccc4c3oc3nc(F)ccc34)nc3ccccc32)c(-c2ccccc2)c1. The number of pyridine rings is 1. The summed E-state index contributed by atoms with van der Waals surface area (Å²) in [5.41, 5.74) is 10.8. The Hall–Kier alpha value is -5.55. The van der Waals surface area contributed by atoms with Gasteiger partial charge in [-0.1, -0.05) is 118 Å². The van der Waals surface area contributed by atoms with Crippen molar-refractivity contribution in [2.24, 2.45) is 0 Å². The van der Waals surface area contributed by atoms with Gasteiger partial charge < -0.3 is 8.98 Å². The molecule has 4 nitrogen and oxygen atoms in total. The van der Waals surface area contributed by atoms with Crippen molar-refractivity contribution in [3.8, 4) is 33.6 Å². The summed E-state index contributed by atoms with van der Waals surface area (Å²) in [6.45, 7) is 7.36. The van der Waals surface area contributed by atoms with Gasteiger partial charge in [0.1, 0.15) is 11.4 Å². The first-order valence-corrected chi connectivity index (χ1v) is 15.6. The molecule has 3 aromatic heterocycles. The molecule has 0 N–H and O–H groups in total. The second-order valence-corrected chi connectivity index (χ2v) is 12.8. The molecule has 0 saturated carbocycles. The maximum atomic E-state index is 14.1. The second kappa shape index (κ2) is 10.8. The molecule has 0 bridgehead atoms. The van der Waals surface area contributed by atoms with Crippen LogP contribution in [0.15, 0.2) is 132 Å². The molecule has 0 radical (unpaired) electrons. The standard InChI is InChI=1S/C41H32FN3O/c1-41(2,3)28-23-32(26-13-6-4-7-14-26)34(33(24-28)27-15-8-5-9-16-27)25-45-36-20-11-10-19-35(36)43-39(45)31-18-12-17-29-30-21-22-37(42)44-40(30)46-38(29)31/h4-24H,25H2,1-3H3. The summed E-state index contributed by atoms with van der Waals surface area (Å²) >= 11 is 0. The zero-order valence-corrected chi connectivity index (χ0v) is 26.0. The number of hydrogen-bond donors (Lipinski definition) is 0. The number of imidazole rings is 1. The van der Waals surface area contributed by atoms with Crippen molar-refractivity contribution in [1.29, 1.82) is 0 Å². The molecule has 3 heterocycles. The smallest absolute Gasteiger partial charge is 0.229 e. The molecular weight excluding hydrogens is 569 g/mol.